The number of anilines is 1. The maximum Gasteiger partial charge on any atom is 0.269 e. The van der Waals surface area contributed by atoms with Crippen LogP contribution in [0.25, 0.3) is 0 Å². The fraction of sp³-hybridized carbons (Fsp3) is 0.167. The van der Waals surface area contributed by atoms with E-state index in [1.54, 1.807) is 30.3 Å². The number of hydrazine groups is 1. The van der Waals surface area contributed by atoms with Crippen LogP contribution >= 0.6 is 11.6 Å². The molecule has 1 fully saturated rings. The third kappa shape index (κ3) is 3.34. The zero-order chi connectivity index (χ0) is 18.8. The van der Waals surface area contributed by atoms with E-state index in [-0.39, 0.29) is 11.7 Å². The van der Waals surface area contributed by atoms with Crippen molar-refractivity contribution in [3.05, 3.63) is 59.7 Å². The van der Waals surface area contributed by atoms with E-state index >= 15 is 0 Å². The van der Waals surface area contributed by atoms with Crippen LogP contribution in [0.4, 0.5) is 5.69 Å². The average Bonchev–Trinajstić information content (AvgIpc) is 2.62. The molecule has 1 saturated heterocycles. The second-order valence-corrected chi connectivity index (χ2v) is 6.28. The SMILES string of the molecule is CC(=O)Nc1ccc(C(=O)NN2C(=O)[C@H](Cl)[C@H]2c2ccccc2O)cc1. The number of hydrogen-bond donors (Lipinski definition) is 3. The second kappa shape index (κ2) is 7.05. The van der Waals surface area contributed by atoms with E-state index in [2.05, 4.69) is 10.7 Å². The van der Waals surface area contributed by atoms with Crippen molar-refractivity contribution in [2.45, 2.75) is 18.3 Å². The molecule has 26 heavy (non-hydrogen) atoms. The van der Waals surface area contributed by atoms with Gasteiger partial charge in [-0.2, -0.15) is 0 Å². The topological polar surface area (TPSA) is 98.7 Å². The van der Waals surface area contributed by atoms with Crippen LogP contribution in [-0.4, -0.2) is 33.2 Å². The Bertz CT molecular complexity index is 869. The summed E-state index contributed by atoms with van der Waals surface area (Å²) in [7, 11) is 0. The number of hydrogen-bond acceptors (Lipinski definition) is 4. The third-order valence-electron chi connectivity index (χ3n) is 3.97. The molecule has 0 saturated carbocycles. The van der Waals surface area contributed by atoms with Crippen molar-refractivity contribution in [3.8, 4) is 5.75 Å². The van der Waals surface area contributed by atoms with Crippen LogP contribution in [0, 0.1) is 0 Å². The minimum Gasteiger partial charge on any atom is -0.508 e. The number of β-lactam (4-membered cyclic amide) rings is 1. The van der Waals surface area contributed by atoms with Crippen LogP contribution in [-0.2, 0) is 9.59 Å². The van der Waals surface area contributed by atoms with Gasteiger partial charge in [0.05, 0.1) is 0 Å². The first kappa shape index (κ1) is 17.8. The number of carbonyl (C=O) groups excluding carboxylic acids is 3. The van der Waals surface area contributed by atoms with E-state index in [1.165, 1.54) is 25.1 Å². The molecule has 1 aliphatic rings. The number of phenols is 1. The standard InChI is InChI=1S/C18H16ClN3O4/c1-10(23)20-12-8-6-11(7-9-12)17(25)21-22-16(15(19)18(22)26)13-4-2-3-5-14(13)24/h2-9,15-16,24H,1H3,(H,20,23)(H,21,25)/t15-,16-/m1/s1. The molecule has 0 spiro atoms. The van der Waals surface area contributed by atoms with Crippen LogP contribution in [0.15, 0.2) is 48.5 Å². The molecule has 1 heterocycles. The number of nitrogens with one attached hydrogen (secondary N) is 2. The summed E-state index contributed by atoms with van der Waals surface area (Å²) in [6.45, 7) is 1.39. The number of rotatable bonds is 4. The van der Waals surface area contributed by atoms with Crippen molar-refractivity contribution in [3.63, 3.8) is 0 Å². The number of aromatic hydroxyl groups is 1. The Morgan fingerprint density at radius 3 is 2.38 bits per heavy atom. The van der Waals surface area contributed by atoms with Gasteiger partial charge in [-0.05, 0) is 30.3 Å². The maximum absolute atomic E-state index is 12.4. The fourth-order valence-corrected chi connectivity index (χ4v) is 3.05. The van der Waals surface area contributed by atoms with Crippen molar-refractivity contribution in [1.29, 1.82) is 0 Å². The second-order valence-electron chi connectivity index (χ2n) is 5.81. The van der Waals surface area contributed by atoms with Gasteiger partial charge in [0.25, 0.3) is 11.8 Å². The van der Waals surface area contributed by atoms with Gasteiger partial charge in [-0.1, -0.05) is 18.2 Å². The molecule has 0 radical (unpaired) electrons. The van der Waals surface area contributed by atoms with Crippen LogP contribution < -0.4 is 10.7 Å². The highest BCUT2D eigenvalue weighted by atomic mass is 35.5. The molecular weight excluding hydrogens is 358 g/mol. The number of carbonyl (C=O) groups is 3. The molecule has 3 N–H and O–H groups in total. The normalized spacial score (nSPS) is 18.8. The summed E-state index contributed by atoms with van der Waals surface area (Å²) in [4.78, 5) is 35.5. The lowest BCUT2D eigenvalue weighted by molar-refractivity contribution is -0.149. The van der Waals surface area contributed by atoms with E-state index in [0.717, 1.165) is 5.01 Å². The average molecular weight is 374 g/mol. The molecule has 3 rings (SSSR count). The predicted octanol–water partition coefficient (Wildman–Crippen LogP) is 2.19. The molecule has 2 atom stereocenters. The van der Waals surface area contributed by atoms with Gasteiger partial charge in [-0.3, -0.25) is 19.8 Å². The first-order valence-corrected chi connectivity index (χ1v) is 8.26. The lowest BCUT2D eigenvalue weighted by Crippen LogP contribution is -2.63. The lowest BCUT2D eigenvalue weighted by atomic mass is 9.94. The van der Waals surface area contributed by atoms with Crippen molar-refractivity contribution in [2.75, 3.05) is 5.32 Å². The monoisotopic (exact) mass is 373 g/mol. The van der Waals surface area contributed by atoms with Crippen molar-refractivity contribution >= 4 is 35.0 Å². The van der Waals surface area contributed by atoms with Crippen molar-refractivity contribution in [2.24, 2.45) is 0 Å². The summed E-state index contributed by atoms with van der Waals surface area (Å²) in [5, 5.41) is 12.8. The molecule has 7 nitrogen and oxygen atoms in total. The molecule has 0 aromatic heterocycles. The number of nitrogens with zero attached hydrogens (tertiary/aromatic N) is 1. The molecule has 134 valence electrons. The zero-order valence-corrected chi connectivity index (χ0v) is 14.5. The smallest absolute Gasteiger partial charge is 0.269 e. The van der Waals surface area contributed by atoms with E-state index in [9.17, 15) is 19.5 Å². The Hall–Kier alpha value is -3.06. The third-order valence-corrected chi connectivity index (χ3v) is 4.40. The Morgan fingerprint density at radius 1 is 1.12 bits per heavy atom. The minimum absolute atomic E-state index is 0.00504. The maximum atomic E-state index is 12.4. The summed E-state index contributed by atoms with van der Waals surface area (Å²) < 4.78 is 0. The molecular formula is C18H16ClN3O4. The molecule has 1 aliphatic heterocycles. The Kier molecular flexibility index (Phi) is 4.81. The molecule has 3 amide bonds. The molecule has 2 aromatic carbocycles. The van der Waals surface area contributed by atoms with Gasteiger partial charge in [0.2, 0.25) is 5.91 Å². The highest BCUT2D eigenvalue weighted by molar-refractivity contribution is 6.33. The summed E-state index contributed by atoms with van der Waals surface area (Å²) in [5.74, 6) is -1.18. The first-order valence-electron chi connectivity index (χ1n) is 7.82. The number of para-hydroxylation sites is 1. The summed E-state index contributed by atoms with van der Waals surface area (Å²) in [6.07, 6.45) is 0. The van der Waals surface area contributed by atoms with E-state index in [4.69, 9.17) is 11.6 Å². The van der Waals surface area contributed by atoms with Gasteiger partial charge in [0, 0.05) is 23.7 Å². The largest absolute Gasteiger partial charge is 0.508 e. The Balaban J connectivity index is 1.74. The number of phenolic OH excluding ortho intramolecular Hbond substituents is 1. The predicted molar refractivity (Wildman–Crippen MR) is 95.5 cm³/mol. The van der Waals surface area contributed by atoms with Crippen LogP contribution in [0.5, 0.6) is 5.75 Å². The molecule has 0 aliphatic carbocycles. The van der Waals surface area contributed by atoms with Crippen molar-refractivity contribution in [1.82, 2.24) is 10.4 Å². The highest BCUT2D eigenvalue weighted by Crippen LogP contribution is 2.40. The Labute approximate surface area is 154 Å². The van der Waals surface area contributed by atoms with E-state index in [0.29, 0.717) is 16.8 Å². The zero-order valence-electron chi connectivity index (χ0n) is 13.8. The number of amides is 3. The highest BCUT2D eigenvalue weighted by Gasteiger charge is 2.49. The van der Waals surface area contributed by atoms with E-state index < -0.39 is 23.2 Å². The van der Waals surface area contributed by atoms with Crippen molar-refractivity contribution < 1.29 is 19.5 Å². The quantitative estimate of drug-likeness (QED) is 0.565. The fourth-order valence-electron chi connectivity index (χ4n) is 2.69. The lowest BCUT2D eigenvalue weighted by Gasteiger charge is -2.44. The van der Waals surface area contributed by atoms with Gasteiger partial charge in [-0.15, -0.1) is 11.6 Å². The molecule has 2 aromatic rings. The number of benzene rings is 2. The van der Waals surface area contributed by atoms with Crippen LogP contribution in [0.2, 0.25) is 0 Å². The van der Waals surface area contributed by atoms with Crippen LogP contribution in [0.1, 0.15) is 28.9 Å². The summed E-state index contributed by atoms with van der Waals surface area (Å²) in [5.41, 5.74) is 3.83. The van der Waals surface area contributed by atoms with Crippen LogP contribution in [0.3, 0.4) is 0 Å². The van der Waals surface area contributed by atoms with Gasteiger partial charge >= 0.3 is 0 Å². The Morgan fingerprint density at radius 2 is 1.77 bits per heavy atom. The molecule has 0 bridgehead atoms. The summed E-state index contributed by atoms with van der Waals surface area (Å²) in [6, 6.07) is 12.1. The summed E-state index contributed by atoms with van der Waals surface area (Å²) >= 11 is 6.07. The number of alkyl halides is 1. The minimum atomic E-state index is -0.870. The van der Waals surface area contributed by atoms with Gasteiger partial charge in [-0.25, -0.2) is 5.01 Å². The van der Waals surface area contributed by atoms with Gasteiger partial charge < -0.3 is 10.4 Å². The van der Waals surface area contributed by atoms with Gasteiger partial charge in [0.1, 0.15) is 17.2 Å². The number of halogens is 1. The first-order chi connectivity index (χ1) is 12.4. The van der Waals surface area contributed by atoms with E-state index in [1.807, 2.05) is 0 Å². The van der Waals surface area contributed by atoms with Gasteiger partial charge in [0.15, 0.2) is 0 Å². The molecule has 8 heteroatoms. The molecule has 0 unspecified atom stereocenters.